The van der Waals surface area contributed by atoms with Gasteiger partial charge in [-0.3, -0.25) is 0 Å². The third kappa shape index (κ3) is 4.16. The Bertz CT molecular complexity index is 2650. The van der Waals surface area contributed by atoms with Crippen LogP contribution in [0.1, 0.15) is 5.56 Å². The minimum absolute atomic E-state index is 0.655. The normalized spacial score (nSPS) is 11.5. The van der Waals surface area contributed by atoms with E-state index in [4.69, 9.17) is 4.42 Å². The maximum absolute atomic E-state index is 10.3. The van der Waals surface area contributed by atoms with Crippen LogP contribution in [0.3, 0.4) is 0 Å². The zero-order chi connectivity index (χ0) is 30.6. The van der Waals surface area contributed by atoms with Gasteiger partial charge in [0.25, 0.3) is 0 Å². The quantitative estimate of drug-likeness (QED) is 0.201. The van der Waals surface area contributed by atoms with E-state index in [2.05, 4.69) is 115 Å². The summed E-state index contributed by atoms with van der Waals surface area (Å²) in [6, 6.07) is 55.5. The number of thiophene rings is 1. The highest BCUT2D eigenvalue weighted by molar-refractivity contribution is 7.25. The molecule has 0 atom stereocenters. The van der Waals surface area contributed by atoms with Crippen LogP contribution in [0.2, 0.25) is 0 Å². The fourth-order valence-electron chi connectivity index (χ4n) is 6.89. The van der Waals surface area contributed by atoms with E-state index in [1.54, 1.807) is 0 Å². The first-order valence-corrected chi connectivity index (χ1v) is 16.1. The van der Waals surface area contributed by atoms with Crippen LogP contribution in [-0.2, 0) is 0 Å². The summed E-state index contributed by atoms with van der Waals surface area (Å²) < 4.78 is 8.80. The second kappa shape index (κ2) is 10.6. The summed E-state index contributed by atoms with van der Waals surface area (Å²) in [6.07, 6.45) is 0. The molecule has 0 spiro atoms. The number of nitrogens with zero attached hydrogens (tertiary/aromatic N) is 1. The smallest absolute Gasteiger partial charge is 0.135 e. The number of nitriles is 1. The topological polar surface area (TPSA) is 36.9 Å². The molecule has 0 aliphatic rings. The second-order valence-corrected chi connectivity index (χ2v) is 12.6. The SMILES string of the molecule is N#Cc1cccc(-c2cccc(-c3ccc4sc5ccccc5c4c3)c2-c2ccc3oc4ccccc4c3c2)c1-c1ccccc1. The van der Waals surface area contributed by atoms with Gasteiger partial charge in [-0.1, -0.05) is 109 Å². The van der Waals surface area contributed by atoms with Gasteiger partial charge in [-0.15, -0.1) is 11.3 Å². The maximum Gasteiger partial charge on any atom is 0.135 e. The van der Waals surface area contributed by atoms with Crippen molar-refractivity contribution in [3.8, 4) is 50.6 Å². The highest BCUT2D eigenvalue weighted by Gasteiger charge is 2.20. The van der Waals surface area contributed by atoms with E-state index >= 15 is 0 Å². The summed E-state index contributed by atoms with van der Waals surface area (Å²) in [6.45, 7) is 0. The maximum atomic E-state index is 10.3. The van der Waals surface area contributed by atoms with Crippen LogP contribution < -0.4 is 0 Å². The van der Waals surface area contributed by atoms with Gasteiger partial charge in [0, 0.05) is 36.5 Å². The van der Waals surface area contributed by atoms with Crippen LogP contribution in [0.15, 0.2) is 156 Å². The average molecular weight is 604 g/mol. The number of hydrogen-bond donors (Lipinski definition) is 0. The van der Waals surface area contributed by atoms with E-state index in [0.29, 0.717) is 5.56 Å². The van der Waals surface area contributed by atoms with Crippen molar-refractivity contribution in [3.05, 3.63) is 157 Å². The Morgan fingerprint density at radius 2 is 1.09 bits per heavy atom. The highest BCUT2D eigenvalue weighted by Crippen LogP contribution is 2.46. The number of fused-ring (bicyclic) bond motifs is 6. The van der Waals surface area contributed by atoms with Crippen LogP contribution in [0.5, 0.6) is 0 Å². The third-order valence-corrected chi connectivity index (χ3v) is 10.1. The van der Waals surface area contributed by atoms with Crippen LogP contribution in [0.25, 0.3) is 86.6 Å². The Balaban J connectivity index is 1.37. The molecule has 0 saturated carbocycles. The Kier molecular flexibility index (Phi) is 6.09. The molecule has 0 saturated heterocycles. The van der Waals surface area contributed by atoms with Gasteiger partial charge in [0.05, 0.1) is 11.6 Å². The van der Waals surface area contributed by atoms with Gasteiger partial charge in [0.2, 0.25) is 0 Å². The number of para-hydroxylation sites is 1. The van der Waals surface area contributed by atoms with Crippen LogP contribution in [-0.4, -0.2) is 0 Å². The van der Waals surface area contributed by atoms with Crippen molar-refractivity contribution in [1.82, 2.24) is 0 Å². The van der Waals surface area contributed by atoms with Crippen molar-refractivity contribution in [2.75, 3.05) is 0 Å². The van der Waals surface area contributed by atoms with Crippen molar-refractivity contribution >= 4 is 53.4 Å². The van der Waals surface area contributed by atoms with E-state index in [9.17, 15) is 5.26 Å². The Morgan fingerprint density at radius 1 is 0.435 bits per heavy atom. The molecule has 0 aliphatic heterocycles. The number of rotatable bonds is 4. The molecule has 0 N–H and O–H groups in total. The second-order valence-electron chi connectivity index (χ2n) is 11.6. The summed E-state index contributed by atoms with van der Waals surface area (Å²) in [5, 5.41) is 15.0. The largest absolute Gasteiger partial charge is 0.456 e. The standard InChI is InChI=1S/C43H25NOS/c44-26-30-12-8-16-34(42(30)27-10-2-1-3-11-27)35-17-9-15-31(28-21-23-41-37(24-28)33-14-5-7-19-40(33)46-41)43(35)29-20-22-39-36(25-29)32-13-4-6-18-38(32)45-39/h1-25H. The first-order valence-electron chi connectivity index (χ1n) is 15.3. The van der Waals surface area contributed by atoms with E-state index in [-0.39, 0.29) is 0 Å². The van der Waals surface area contributed by atoms with Gasteiger partial charge in [-0.25, -0.2) is 0 Å². The molecule has 2 aromatic heterocycles. The van der Waals surface area contributed by atoms with Gasteiger partial charge in [0.1, 0.15) is 11.2 Å². The molecule has 7 aromatic carbocycles. The predicted octanol–water partition coefficient (Wildman–Crippen LogP) is 12.5. The molecule has 0 aliphatic carbocycles. The van der Waals surface area contributed by atoms with E-state index in [1.165, 1.54) is 20.2 Å². The van der Waals surface area contributed by atoms with Gasteiger partial charge in [-0.05, 0) is 81.4 Å². The van der Waals surface area contributed by atoms with E-state index < -0.39 is 0 Å². The summed E-state index contributed by atoms with van der Waals surface area (Å²) in [4.78, 5) is 0. The zero-order valence-corrected chi connectivity index (χ0v) is 25.5. The summed E-state index contributed by atoms with van der Waals surface area (Å²) >= 11 is 1.83. The molecule has 9 rings (SSSR count). The zero-order valence-electron chi connectivity index (χ0n) is 24.7. The Hall–Kier alpha value is -5.95. The third-order valence-electron chi connectivity index (χ3n) is 8.96. The monoisotopic (exact) mass is 603 g/mol. The highest BCUT2D eigenvalue weighted by atomic mass is 32.1. The van der Waals surface area contributed by atoms with Gasteiger partial charge in [0.15, 0.2) is 0 Å². The lowest BCUT2D eigenvalue weighted by atomic mass is 9.83. The molecular weight excluding hydrogens is 579 g/mol. The molecule has 0 radical (unpaired) electrons. The van der Waals surface area contributed by atoms with Gasteiger partial charge >= 0.3 is 0 Å². The number of hydrogen-bond acceptors (Lipinski definition) is 3. The lowest BCUT2D eigenvalue weighted by Gasteiger charge is -2.19. The fourth-order valence-corrected chi connectivity index (χ4v) is 7.98. The molecule has 2 heterocycles. The first-order chi connectivity index (χ1) is 22.8. The molecule has 0 bridgehead atoms. The fraction of sp³-hybridized carbons (Fsp3) is 0. The Morgan fingerprint density at radius 3 is 1.96 bits per heavy atom. The van der Waals surface area contributed by atoms with Gasteiger partial charge < -0.3 is 4.42 Å². The first kappa shape index (κ1) is 26.5. The summed E-state index contributed by atoms with van der Waals surface area (Å²) in [5.74, 6) is 0. The molecule has 2 nitrogen and oxygen atoms in total. The summed E-state index contributed by atoms with van der Waals surface area (Å²) in [7, 11) is 0. The van der Waals surface area contributed by atoms with Crippen molar-refractivity contribution in [2.24, 2.45) is 0 Å². The molecule has 0 fully saturated rings. The number of benzene rings is 7. The molecule has 9 aromatic rings. The van der Waals surface area contributed by atoms with Crippen LogP contribution >= 0.6 is 11.3 Å². The molecule has 0 amide bonds. The van der Waals surface area contributed by atoms with Crippen LogP contribution in [0, 0.1) is 11.3 Å². The van der Waals surface area contributed by atoms with Crippen molar-refractivity contribution in [2.45, 2.75) is 0 Å². The van der Waals surface area contributed by atoms with Gasteiger partial charge in [-0.2, -0.15) is 5.26 Å². The molecule has 0 unspecified atom stereocenters. The molecule has 46 heavy (non-hydrogen) atoms. The van der Waals surface area contributed by atoms with Crippen molar-refractivity contribution in [1.29, 1.82) is 5.26 Å². The Labute approximate surface area is 270 Å². The summed E-state index contributed by atoms with van der Waals surface area (Å²) in [5.41, 5.74) is 11.0. The minimum atomic E-state index is 0.655. The number of furan rings is 1. The average Bonchev–Trinajstić information content (AvgIpc) is 3.69. The minimum Gasteiger partial charge on any atom is -0.456 e. The van der Waals surface area contributed by atoms with Crippen LogP contribution in [0.4, 0.5) is 0 Å². The van der Waals surface area contributed by atoms with Crippen molar-refractivity contribution in [3.63, 3.8) is 0 Å². The predicted molar refractivity (Wildman–Crippen MR) is 193 cm³/mol. The van der Waals surface area contributed by atoms with E-state index in [0.717, 1.165) is 66.4 Å². The lowest BCUT2D eigenvalue weighted by Crippen LogP contribution is -1.94. The molecular formula is C43H25NOS. The molecule has 214 valence electrons. The van der Waals surface area contributed by atoms with Crippen molar-refractivity contribution < 1.29 is 4.42 Å². The lowest BCUT2D eigenvalue weighted by molar-refractivity contribution is 0.669. The molecule has 3 heteroatoms. The van der Waals surface area contributed by atoms with E-state index in [1.807, 2.05) is 53.8 Å².